The van der Waals surface area contributed by atoms with E-state index < -0.39 is 6.10 Å². The number of aromatic hydroxyl groups is 2. The first-order chi connectivity index (χ1) is 16.0. The summed E-state index contributed by atoms with van der Waals surface area (Å²) in [6, 6.07) is 10.6. The summed E-state index contributed by atoms with van der Waals surface area (Å²) in [5.74, 6) is 1.58. The van der Waals surface area contributed by atoms with Gasteiger partial charge in [-0.15, -0.1) is 0 Å². The fourth-order valence-corrected chi connectivity index (χ4v) is 5.03. The summed E-state index contributed by atoms with van der Waals surface area (Å²) in [6.07, 6.45) is 0.570. The van der Waals surface area contributed by atoms with E-state index in [0.29, 0.717) is 17.9 Å². The lowest BCUT2D eigenvalue weighted by Crippen LogP contribution is -2.26. The van der Waals surface area contributed by atoms with Crippen LogP contribution in [-0.4, -0.2) is 43.3 Å². The Morgan fingerprint density at radius 2 is 1.58 bits per heavy atom. The summed E-state index contributed by atoms with van der Waals surface area (Å²) in [6.45, 7) is 0.248. The number of phenols is 2. The molecule has 2 aliphatic rings. The molecule has 1 aliphatic heterocycles. The number of hydrogen-bond donors (Lipinski definition) is 3. The highest BCUT2D eigenvalue weighted by atomic mass is 16.5. The molecule has 0 aromatic heterocycles. The number of fused-ring (bicyclic) bond motifs is 5. The number of aryl methyl sites for hydroxylation is 1. The molecule has 2 unspecified atom stereocenters. The molecule has 0 radical (unpaired) electrons. The first-order valence-electron chi connectivity index (χ1n) is 10.8. The lowest BCUT2D eigenvalue weighted by Gasteiger charge is -2.35. The summed E-state index contributed by atoms with van der Waals surface area (Å²) in [5, 5.41) is 31.8. The molecular weight excluding hydrogens is 424 g/mol. The second-order valence-electron chi connectivity index (χ2n) is 8.32. The number of aliphatic hydroxyl groups excluding tert-OH is 1. The summed E-state index contributed by atoms with van der Waals surface area (Å²) < 4.78 is 22.4. The van der Waals surface area contributed by atoms with Gasteiger partial charge in [-0.05, 0) is 59.4 Å². The minimum atomic E-state index is -0.842. The lowest BCUT2D eigenvalue weighted by molar-refractivity contribution is 0.0875. The predicted octanol–water partition coefficient (Wildman–Crippen LogP) is 4.10. The Labute approximate surface area is 191 Å². The van der Waals surface area contributed by atoms with Crippen LogP contribution in [0, 0.1) is 0 Å². The molecule has 7 heteroatoms. The second kappa shape index (κ2) is 8.08. The highest BCUT2D eigenvalue weighted by molar-refractivity contribution is 5.82. The molecule has 5 rings (SSSR count). The van der Waals surface area contributed by atoms with Crippen molar-refractivity contribution in [3.8, 4) is 45.6 Å². The summed E-state index contributed by atoms with van der Waals surface area (Å²) in [4.78, 5) is 0. The zero-order chi connectivity index (χ0) is 23.3. The van der Waals surface area contributed by atoms with Crippen molar-refractivity contribution >= 4 is 0 Å². The van der Waals surface area contributed by atoms with Gasteiger partial charge in [0.25, 0.3) is 0 Å². The maximum absolute atomic E-state index is 11.6. The van der Waals surface area contributed by atoms with Crippen LogP contribution in [0.4, 0.5) is 0 Å². The molecule has 172 valence electrons. The number of rotatable bonds is 4. The molecule has 3 N–H and O–H groups in total. The van der Waals surface area contributed by atoms with Crippen molar-refractivity contribution in [2.75, 3.05) is 27.9 Å². The van der Waals surface area contributed by atoms with Crippen LogP contribution in [0.15, 0.2) is 36.4 Å². The molecule has 1 aliphatic carbocycles. The van der Waals surface area contributed by atoms with Crippen molar-refractivity contribution in [2.45, 2.75) is 24.9 Å². The van der Waals surface area contributed by atoms with E-state index >= 15 is 0 Å². The SMILES string of the molecule is COc1cc(C2COc3cc(OC)c4c(c3C2O)CCc2cc(O)ccc2-4)cc(OC)c1O. The van der Waals surface area contributed by atoms with Gasteiger partial charge in [-0.1, -0.05) is 6.07 Å². The van der Waals surface area contributed by atoms with Gasteiger partial charge in [0.1, 0.15) is 17.2 Å². The van der Waals surface area contributed by atoms with E-state index in [0.717, 1.165) is 39.8 Å². The normalized spacial score (nSPS) is 18.4. The smallest absolute Gasteiger partial charge is 0.200 e. The Kier molecular flexibility index (Phi) is 5.21. The molecule has 0 bridgehead atoms. The van der Waals surface area contributed by atoms with Gasteiger partial charge in [-0.3, -0.25) is 0 Å². The third-order valence-electron chi connectivity index (χ3n) is 6.65. The Bertz CT molecular complexity index is 1210. The third kappa shape index (κ3) is 3.31. The highest BCUT2D eigenvalue weighted by Crippen LogP contribution is 2.52. The largest absolute Gasteiger partial charge is 0.508 e. The molecule has 0 saturated carbocycles. The van der Waals surface area contributed by atoms with Gasteiger partial charge in [-0.25, -0.2) is 0 Å². The number of ether oxygens (including phenoxy) is 4. The molecule has 1 heterocycles. The van der Waals surface area contributed by atoms with Crippen LogP contribution in [0.2, 0.25) is 0 Å². The Morgan fingerprint density at radius 1 is 0.879 bits per heavy atom. The van der Waals surface area contributed by atoms with Crippen molar-refractivity contribution in [2.24, 2.45) is 0 Å². The Morgan fingerprint density at radius 3 is 2.24 bits per heavy atom. The molecular formula is C26H26O7. The van der Waals surface area contributed by atoms with Crippen molar-refractivity contribution < 1.29 is 34.3 Å². The van der Waals surface area contributed by atoms with Gasteiger partial charge in [0.2, 0.25) is 5.75 Å². The molecule has 0 spiro atoms. The van der Waals surface area contributed by atoms with E-state index in [1.54, 1.807) is 31.4 Å². The van der Waals surface area contributed by atoms with E-state index in [1.165, 1.54) is 14.2 Å². The van der Waals surface area contributed by atoms with Crippen molar-refractivity contribution in [3.63, 3.8) is 0 Å². The first-order valence-corrected chi connectivity index (χ1v) is 10.8. The summed E-state index contributed by atoms with van der Waals surface area (Å²) in [7, 11) is 4.56. The number of methoxy groups -OCH3 is 3. The van der Waals surface area contributed by atoms with E-state index in [1.807, 2.05) is 12.1 Å². The average molecular weight is 450 g/mol. The standard InChI is InChI=1S/C26H26O7/c1-30-19-11-20-24(17-6-4-13-8-15(27)5-7-16(13)23(17)19)25(28)18(12-33-20)14-9-21(31-2)26(29)22(10-14)32-3/h5,7-11,18,25,27-29H,4,6,12H2,1-3H3. The number of phenolic OH excluding ortho intramolecular Hbond substituents is 2. The minimum absolute atomic E-state index is 0.0858. The summed E-state index contributed by atoms with van der Waals surface area (Å²) >= 11 is 0. The van der Waals surface area contributed by atoms with Crippen molar-refractivity contribution in [3.05, 3.63) is 58.7 Å². The molecule has 3 aromatic rings. The van der Waals surface area contributed by atoms with Crippen LogP contribution in [0.25, 0.3) is 11.1 Å². The highest BCUT2D eigenvalue weighted by Gasteiger charge is 2.37. The lowest BCUT2D eigenvalue weighted by atomic mass is 9.77. The van der Waals surface area contributed by atoms with Gasteiger partial charge < -0.3 is 34.3 Å². The molecule has 3 aromatic carbocycles. The van der Waals surface area contributed by atoms with E-state index in [2.05, 4.69) is 0 Å². The molecule has 33 heavy (non-hydrogen) atoms. The molecule has 0 amide bonds. The zero-order valence-corrected chi connectivity index (χ0v) is 18.7. The Hall–Kier alpha value is -3.58. The minimum Gasteiger partial charge on any atom is -0.508 e. The van der Waals surface area contributed by atoms with Crippen LogP contribution in [0.3, 0.4) is 0 Å². The topological polar surface area (TPSA) is 97.6 Å². The van der Waals surface area contributed by atoms with Gasteiger partial charge in [-0.2, -0.15) is 0 Å². The van der Waals surface area contributed by atoms with Gasteiger partial charge >= 0.3 is 0 Å². The first kappa shape index (κ1) is 21.3. The molecule has 2 atom stereocenters. The van der Waals surface area contributed by atoms with Crippen molar-refractivity contribution in [1.82, 2.24) is 0 Å². The molecule has 7 nitrogen and oxygen atoms in total. The predicted molar refractivity (Wildman–Crippen MR) is 122 cm³/mol. The van der Waals surface area contributed by atoms with E-state index in [9.17, 15) is 15.3 Å². The third-order valence-corrected chi connectivity index (χ3v) is 6.65. The number of hydrogen-bond acceptors (Lipinski definition) is 7. The van der Waals surface area contributed by atoms with E-state index in [-0.39, 0.29) is 35.5 Å². The van der Waals surface area contributed by atoms with Crippen LogP contribution in [-0.2, 0) is 12.8 Å². The van der Waals surface area contributed by atoms with Gasteiger partial charge in [0.05, 0.1) is 34.0 Å². The fraction of sp³-hybridized carbons (Fsp3) is 0.308. The number of benzene rings is 3. The Balaban J connectivity index is 1.65. The van der Waals surface area contributed by atoms with Crippen molar-refractivity contribution in [1.29, 1.82) is 0 Å². The van der Waals surface area contributed by atoms with Crippen LogP contribution in [0.5, 0.6) is 34.5 Å². The maximum Gasteiger partial charge on any atom is 0.200 e. The second-order valence-corrected chi connectivity index (χ2v) is 8.32. The fourth-order valence-electron chi connectivity index (χ4n) is 5.03. The maximum atomic E-state index is 11.6. The van der Waals surface area contributed by atoms with Gasteiger partial charge in [0, 0.05) is 23.1 Å². The number of aliphatic hydroxyl groups is 1. The van der Waals surface area contributed by atoms with Gasteiger partial charge in [0.15, 0.2) is 11.5 Å². The van der Waals surface area contributed by atoms with Crippen LogP contribution >= 0.6 is 0 Å². The van der Waals surface area contributed by atoms with Crippen LogP contribution in [0.1, 0.15) is 34.3 Å². The van der Waals surface area contributed by atoms with Crippen LogP contribution < -0.4 is 18.9 Å². The molecule has 0 fully saturated rings. The molecule has 0 saturated heterocycles. The quantitative estimate of drug-likeness (QED) is 0.551. The zero-order valence-electron chi connectivity index (χ0n) is 18.7. The van der Waals surface area contributed by atoms with E-state index in [4.69, 9.17) is 18.9 Å². The monoisotopic (exact) mass is 450 g/mol. The summed E-state index contributed by atoms with van der Waals surface area (Å²) in [5.41, 5.74) is 5.41. The average Bonchev–Trinajstić information content (AvgIpc) is 2.83.